The highest BCUT2D eigenvalue weighted by Gasteiger charge is 2.12. The number of hydrazone groups is 1. The van der Waals surface area contributed by atoms with E-state index in [1.165, 1.54) is 17.8 Å². The maximum atomic E-state index is 11.5. The van der Waals surface area contributed by atoms with Gasteiger partial charge in [0.15, 0.2) is 4.32 Å². The Morgan fingerprint density at radius 3 is 2.82 bits per heavy atom. The van der Waals surface area contributed by atoms with Crippen LogP contribution in [0.1, 0.15) is 18.2 Å². The van der Waals surface area contributed by atoms with Gasteiger partial charge in [-0.2, -0.15) is 5.10 Å². The average Bonchev–Trinajstić information content (AvgIpc) is 2.24. The molecule has 0 bridgehead atoms. The molecule has 0 aromatic carbocycles. The predicted molar refractivity (Wildman–Crippen MR) is 72.8 cm³/mol. The van der Waals surface area contributed by atoms with E-state index in [0.717, 1.165) is 0 Å². The van der Waals surface area contributed by atoms with Crippen molar-refractivity contribution in [1.29, 1.82) is 0 Å². The number of aromatic hydroxyl groups is 1. The first kappa shape index (κ1) is 13.7. The highest BCUT2D eigenvalue weighted by Crippen LogP contribution is 2.15. The predicted octanol–water partition coefficient (Wildman–Crippen LogP) is 1.62. The second-order valence-corrected chi connectivity index (χ2v) is 4.69. The van der Waals surface area contributed by atoms with Crippen LogP contribution in [0, 0.1) is 6.92 Å². The Balaban J connectivity index is 3.08. The third-order valence-corrected chi connectivity index (χ3v) is 2.97. The Hall–Kier alpha value is -1.34. The smallest absolute Gasteiger partial charge is 0.348 e. The van der Waals surface area contributed by atoms with Gasteiger partial charge in [0.25, 0.3) is 0 Å². The van der Waals surface area contributed by atoms with Crippen molar-refractivity contribution in [2.24, 2.45) is 5.10 Å². The molecular weight excluding hydrogens is 260 g/mol. The quantitative estimate of drug-likeness (QED) is 0.484. The molecular formula is C10H12N2O3S2. The first-order valence-corrected chi connectivity index (χ1v) is 6.31. The Morgan fingerprint density at radius 2 is 2.29 bits per heavy atom. The summed E-state index contributed by atoms with van der Waals surface area (Å²) in [6.45, 7) is 3.16. The second-order valence-electron chi connectivity index (χ2n) is 3.21. The third kappa shape index (κ3) is 3.57. The molecule has 0 unspecified atom stereocenters. The molecule has 1 rings (SSSR count). The summed E-state index contributed by atoms with van der Waals surface area (Å²) >= 11 is 6.21. The zero-order valence-corrected chi connectivity index (χ0v) is 11.2. The molecule has 0 saturated heterocycles. The number of thioether (sulfide) groups is 1. The summed E-state index contributed by atoms with van der Waals surface area (Å²) in [4.78, 5) is 11.5. The normalized spacial score (nSPS) is 11.4. The van der Waals surface area contributed by atoms with Gasteiger partial charge < -0.3 is 9.52 Å². The van der Waals surface area contributed by atoms with Crippen molar-refractivity contribution >= 4 is 34.0 Å². The lowest BCUT2D eigenvalue weighted by Gasteiger charge is -2.04. The van der Waals surface area contributed by atoms with Crippen LogP contribution in [0.15, 0.2) is 20.4 Å². The van der Waals surface area contributed by atoms with Gasteiger partial charge in [-0.25, -0.2) is 4.79 Å². The zero-order valence-electron chi connectivity index (χ0n) is 9.60. The van der Waals surface area contributed by atoms with E-state index in [9.17, 15) is 9.90 Å². The summed E-state index contributed by atoms with van der Waals surface area (Å²) in [5, 5.41) is 13.6. The molecule has 1 heterocycles. The molecule has 0 saturated carbocycles. The summed E-state index contributed by atoms with van der Waals surface area (Å²) in [7, 11) is 0. The molecule has 0 aliphatic heterocycles. The molecule has 0 atom stereocenters. The Morgan fingerprint density at radius 1 is 1.65 bits per heavy atom. The van der Waals surface area contributed by atoms with E-state index in [0.29, 0.717) is 15.8 Å². The number of nitrogens with zero attached hydrogens (tertiary/aromatic N) is 1. The lowest BCUT2D eigenvalue weighted by atomic mass is 10.2. The van der Waals surface area contributed by atoms with Gasteiger partial charge in [-0.1, -0.05) is 24.0 Å². The van der Waals surface area contributed by atoms with Crippen molar-refractivity contribution in [3.8, 4) is 5.75 Å². The van der Waals surface area contributed by atoms with Crippen molar-refractivity contribution in [2.45, 2.75) is 13.8 Å². The highest BCUT2D eigenvalue weighted by molar-refractivity contribution is 8.22. The van der Waals surface area contributed by atoms with Gasteiger partial charge in [-0.05, 0) is 20.1 Å². The van der Waals surface area contributed by atoms with Crippen LogP contribution in [-0.2, 0) is 0 Å². The number of nitrogens with one attached hydrogen (secondary N) is 1. The Labute approximate surface area is 108 Å². The van der Waals surface area contributed by atoms with E-state index in [1.54, 1.807) is 20.1 Å². The SMILES string of the molecule is CSC(=S)NN=C(C)c1c(O)cc(C)oc1=O. The van der Waals surface area contributed by atoms with Crippen LogP contribution in [0.4, 0.5) is 0 Å². The van der Waals surface area contributed by atoms with Crippen molar-refractivity contribution in [3.63, 3.8) is 0 Å². The standard InChI is InChI=1S/C10H12N2O3S2/c1-5-4-7(13)8(9(14)15-5)6(2)11-12-10(16)17-3/h4,13H,1-3H3,(H,12,16). The molecule has 92 valence electrons. The third-order valence-electron chi connectivity index (χ3n) is 1.92. The van der Waals surface area contributed by atoms with Gasteiger partial charge in [0.1, 0.15) is 17.1 Å². The van der Waals surface area contributed by atoms with Gasteiger partial charge in [-0.15, -0.1) is 0 Å². The molecule has 0 radical (unpaired) electrons. The number of aryl methyl sites for hydroxylation is 1. The van der Waals surface area contributed by atoms with E-state index < -0.39 is 5.63 Å². The molecule has 7 heteroatoms. The fourth-order valence-corrected chi connectivity index (χ4v) is 1.34. The van der Waals surface area contributed by atoms with Crippen LogP contribution in [0.25, 0.3) is 0 Å². The summed E-state index contributed by atoms with van der Waals surface area (Å²) in [6.07, 6.45) is 1.80. The molecule has 2 N–H and O–H groups in total. The van der Waals surface area contributed by atoms with E-state index in [-0.39, 0.29) is 11.3 Å². The summed E-state index contributed by atoms with van der Waals surface area (Å²) < 4.78 is 5.35. The minimum atomic E-state index is -0.624. The van der Waals surface area contributed by atoms with Gasteiger partial charge in [0.05, 0.1) is 5.71 Å². The molecule has 0 aliphatic rings. The molecule has 0 aliphatic carbocycles. The topological polar surface area (TPSA) is 74.8 Å². The lowest BCUT2D eigenvalue weighted by molar-refractivity contribution is 0.432. The largest absolute Gasteiger partial charge is 0.507 e. The van der Waals surface area contributed by atoms with Crippen molar-refractivity contribution < 1.29 is 9.52 Å². The molecule has 0 fully saturated rings. The number of hydrogen-bond donors (Lipinski definition) is 2. The van der Waals surface area contributed by atoms with Crippen LogP contribution in [-0.4, -0.2) is 21.4 Å². The van der Waals surface area contributed by atoms with E-state index in [1.807, 2.05) is 0 Å². The zero-order chi connectivity index (χ0) is 13.0. The Kier molecular flexibility index (Phi) is 4.71. The van der Waals surface area contributed by atoms with Gasteiger partial charge in [-0.3, -0.25) is 5.43 Å². The van der Waals surface area contributed by atoms with E-state index >= 15 is 0 Å². The fraction of sp³-hybridized carbons (Fsp3) is 0.300. The minimum Gasteiger partial charge on any atom is -0.507 e. The first-order chi connectivity index (χ1) is 7.95. The fourth-order valence-electron chi connectivity index (χ4n) is 1.16. The van der Waals surface area contributed by atoms with Crippen molar-refractivity contribution in [1.82, 2.24) is 5.43 Å². The average molecular weight is 272 g/mol. The van der Waals surface area contributed by atoms with Gasteiger partial charge >= 0.3 is 5.63 Å². The van der Waals surface area contributed by atoms with Crippen LogP contribution in [0.5, 0.6) is 5.75 Å². The van der Waals surface area contributed by atoms with Gasteiger partial charge in [0, 0.05) is 6.07 Å². The number of thiocarbonyl (C=S) groups is 1. The van der Waals surface area contributed by atoms with Crippen LogP contribution in [0.2, 0.25) is 0 Å². The molecule has 1 aromatic heterocycles. The van der Waals surface area contributed by atoms with E-state index in [2.05, 4.69) is 10.5 Å². The molecule has 0 spiro atoms. The molecule has 17 heavy (non-hydrogen) atoms. The van der Waals surface area contributed by atoms with Crippen molar-refractivity contribution in [2.75, 3.05) is 6.26 Å². The van der Waals surface area contributed by atoms with Crippen LogP contribution in [0.3, 0.4) is 0 Å². The van der Waals surface area contributed by atoms with Crippen LogP contribution >= 0.6 is 24.0 Å². The molecule has 5 nitrogen and oxygen atoms in total. The number of hydrogen-bond acceptors (Lipinski definition) is 6. The highest BCUT2D eigenvalue weighted by atomic mass is 32.2. The summed E-state index contributed by atoms with van der Waals surface area (Å²) in [5.41, 5.74) is 2.31. The lowest BCUT2D eigenvalue weighted by Crippen LogP contribution is -2.18. The van der Waals surface area contributed by atoms with Gasteiger partial charge in [0.2, 0.25) is 0 Å². The monoisotopic (exact) mass is 272 g/mol. The summed E-state index contributed by atoms with van der Waals surface area (Å²) in [6, 6.07) is 1.36. The summed E-state index contributed by atoms with van der Waals surface area (Å²) in [5.74, 6) is 0.188. The number of rotatable bonds is 2. The Bertz CT molecular complexity index is 523. The van der Waals surface area contributed by atoms with Crippen molar-refractivity contribution in [3.05, 3.63) is 27.8 Å². The van der Waals surface area contributed by atoms with Crippen LogP contribution < -0.4 is 11.1 Å². The molecule has 1 aromatic rings. The second kappa shape index (κ2) is 5.83. The minimum absolute atomic E-state index is 0.0343. The first-order valence-electron chi connectivity index (χ1n) is 4.68. The maximum absolute atomic E-state index is 11.5. The van der Waals surface area contributed by atoms with E-state index in [4.69, 9.17) is 16.6 Å². The molecule has 0 amide bonds. The maximum Gasteiger partial charge on any atom is 0.348 e.